The summed E-state index contributed by atoms with van der Waals surface area (Å²) in [5.41, 5.74) is -0.487. The fourth-order valence-electron chi connectivity index (χ4n) is 5.15. The second-order valence-electron chi connectivity index (χ2n) is 9.59. The smallest absolute Gasteiger partial charge is 0.241 e. The van der Waals surface area contributed by atoms with Crippen LogP contribution in [0.15, 0.2) is 48.5 Å². The van der Waals surface area contributed by atoms with Crippen LogP contribution in [-0.4, -0.2) is 59.9 Å². The SMILES string of the molecule is COc1ccc(C2(CC(=O)N3CCC(Oc4ccccc4Cl)CC3)CC(=O)N(C3CC3)C2=O)cc1. The van der Waals surface area contributed by atoms with E-state index in [0.717, 1.165) is 12.8 Å². The molecule has 1 unspecified atom stereocenters. The number of ether oxygens (including phenoxy) is 2. The highest BCUT2D eigenvalue weighted by Gasteiger charge is 2.57. The molecule has 1 aliphatic carbocycles. The van der Waals surface area contributed by atoms with Crippen LogP contribution in [0, 0.1) is 0 Å². The molecule has 7 nitrogen and oxygen atoms in total. The zero-order chi connectivity index (χ0) is 24.6. The third-order valence-electron chi connectivity index (χ3n) is 7.28. The Bertz CT molecular complexity index is 1120. The van der Waals surface area contributed by atoms with Crippen LogP contribution in [0.4, 0.5) is 0 Å². The molecule has 0 radical (unpaired) electrons. The first kappa shape index (κ1) is 23.7. The second-order valence-corrected chi connectivity index (χ2v) is 10.00. The van der Waals surface area contributed by atoms with Gasteiger partial charge in [0.15, 0.2) is 0 Å². The Hall–Kier alpha value is -3.06. The van der Waals surface area contributed by atoms with Gasteiger partial charge in [-0.25, -0.2) is 0 Å². The minimum Gasteiger partial charge on any atom is -0.497 e. The molecule has 1 atom stereocenters. The highest BCUT2D eigenvalue weighted by molar-refractivity contribution is 6.32. The molecule has 3 amide bonds. The van der Waals surface area contributed by atoms with Crippen molar-refractivity contribution in [2.45, 2.75) is 56.1 Å². The molecule has 0 spiro atoms. The highest BCUT2D eigenvalue weighted by Crippen LogP contribution is 2.45. The molecule has 35 heavy (non-hydrogen) atoms. The maximum atomic E-state index is 13.7. The molecule has 1 saturated carbocycles. The van der Waals surface area contributed by atoms with E-state index in [0.29, 0.717) is 48.0 Å². The van der Waals surface area contributed by atoms with Gasteiger partial charge in [0.25, 0.3) is 0 Å². The Morgan fingerprint density at radius 1 is 1.03 bits per heavy atom. The van der Waals surface area contributed by atoms with Crippen LogP contribution in [0.5, 0.6) is 11.5 Å². The molecule has 8 heteroatoms. The van der Waals surface area contributed by atoms with Crippen LogP contribution < -0.4 is 9.47 Å². The highest BCUT2D eigenvalue weighted by atomic mass is 35.5. The first-order valence-corrected chi connectivity index (χ1v) is 12.5. The second kappa shape index (κ2) is 9.53. The summed E-state index contributed by atoms with van der Waals surface area (Å²) < 4.78 is 11.3. The van der Waals surface area contributed by atoms with Crippen LogP contribution in [0.3, 0.4) is 0 Å². The lowest BCUT2D eigenvalue weighted by Gasteiger charge is -2.35. The summed E-state index contributed by atoms with van der Waals surface area (Å²) in [4.78, 5) is 43.2. The molecule has 0 bridgehead atoms. The monoisotopic (exact) mass is 496 g/mol. The van der Waals surface area contributed by atoms with Gasteiger partial charge in [-0.15, -0.1) is 0 Å². The van der Waals surface area contributed by atoms with Gasteiger partial charge < -0.3 is 14.4 Å². The summed E-state index contributed by atoms with van der Waals surface area (Å²) >= 11 is 6.21. The van der Waals surface area contributed by atoms with Crippen LogP contribution in [-0.2, 0) is 19.8 Å². The molecule has 0 N–H and O–H groups in total. The lowest BCUT2D eigenvalue weighted by atomic mass is 9.75. The van der Waals surface area contributed by atoms with Gasteiger partial charge in [-0.3, -0.25) is 19.3 Å². The largest absolute Gasteiger partial charge is 0.497 e. The number of hydrogen-bond acceptors (Lipinski definition) is 5. The molecule has 2 saturated heterocycles. The van der Waals surface area contributed by atoms with E-state index in [1.54, 1.807) is 42.3 Å². The summed E-state index contributed by atoms with van der Waals surface area (Å²) in [7, 11) is 1.58. The van der Waals surface area contributed by atoms with E-state index in [1.807, 2.05) is 18.2 Å². The number of likely N-dealkylation sites (tertiary alicyclic amines) is 2. The minimum atomic E-state index is -1.17. The average Bonchev–Trinajstić information content (AvgIpc) is 3.67. The van der Waals surface area contributed by atoms with E-state index in [2.05, 4.69) is 0 Å². The van der Waals surface area contributed by atoms with Gasteiger partial charge in [-0.1, -0.05) is 35.9 Å². The maximum absolute atomic E-state index is 13.7. The lowest BCUT2D eigenvalue weighted by Crippen LogP contribution is -2.47. The first-order chi connectivity index (χ1) is 16.9. The van der Waals surface area contributed by atoms with Crippen LogP contribution in [0.25, 0.3) is 0 Å². The molecule has 2 aromatic rings. The lowest BCUT2D eigenvalue weighted by molar-refractivity contribution is -0.143. The maximum Gasteiger partial charge on any atom is 0.241 e. The van der Waals surface area contributed by atoms with Crippen molar-refractivity contribution in [3.8, 4) is 11.5 Å². The summed E-state index contributed by atoms with van der Waals surface area (Å²) in [6.45, 7) is 1.06. The molecule has 3 fully saturated rings. The number of para-hydroxylation sites is 1. The Morgan fingerprint density at radius 3 is 2.34 bits per heavy atom. The van der Waals surface area contributed by atoms with Gasteiger partial charge in [0.05, 0.1) is 17.5 Å². The summed E-state index contributed by atoms with van der Waals surface area (Å²) in [5.74, 6) is 0.753. The fraction of sp³-hybridized carbons (Fsp3) is 0.444. The minimum absolute atomic E-state index is 0.0203. The molecule has 5 rings (SSSR count). The third-order valence-corrected chi connectivity index (χ3v) is 7.59. The molecule has 2 heterocycles. The van der Waals surface area contributed by atoms with Crippen molar-refractivity contribution >= 4 is 29.3 Å². The van der Waals surface area contributed by atoms with Crippen LogP contribution in [0.2, 0.25) is 5.02 Å². The Morgan fingerprint density at radius 2 is 1.71 bits per heavy atom. The zero-order valence-electron chi connectivity index (χ0n) is 19.7. The average molecular weight is 497 g/mol. The van der Waals surface area contributed by atoms with Gasteiger partial charge in [-0.05, 0) is 42.7 Å². The van der Waals surface area contributed by atoms with Crippen LogP contribution in [0.1, 0.15) is 44.1 Å². The number of hydrogen-bond donors (Lipinski definition) is 0. The number of methoxy groups -OCH3 is 1. The van der Waals surface area contributed by atoms with E-state index < -0.39 is 5.41 Å². The van der Waals surface area contributed by atoms with E-state index in [1.165, 1.54) is 4.90 Å². The predicted molar refractivity (Wildman–Crippen MR) is 130 cm³/mol. The van der Waals surface area contributed by atoms with E-state index in [4.69, 9.17) is 21.1 Å². The van der Waals surface area contributed by atoms with Crippen molar-refractivity contribution in [3.63, 3.8) is 0 Å². The zero-order valence-corrected chi connectivity index (χ0v) is 20.5. The number of rotatable bonds is 7. The van der Waals surface area contributed by atoms with Crippen molar-refractivity contribution < 1.29 is 23.9 Å². The number of nitrogens with zero attached hydrogens (tertiary/aromatic N) is 2. The van der Waals surface area contributed by atoms with Gasteiger partial charge in [-0.2, -0.15) is 0 Å². The summed E-state index contributed by atoms with van der Waals surface area (Å²) in [6.07, 6.45) is 2.98. The third kappa shape index (κ3) is 4.61. The molecule has 2 aromatic carbocycles. The topological polar surface area (TPSA) is 76.2 Å². The van der Waals surface area contributed by atoms with Crippen molar-refractivity contribution in [1.29, 1.82) is 0 Å². The van der Waals surface area contributed by atoms with E-state index in [9.17, 15) is 14.4 Å². The first-order valence-electron chi connectivity index (χ1n) is 12.1. The number of carbonyl (C=O) groups is 3. The quantitative estimate of drug-likeness (QED) is 0.542. The van der Waals surface area contributed by atoms with Gasteiger partial charge in [0.2, 0.25) is 17.7 Å². The van der Waals surface area contributed by atoms with Crippen molar-refractivity contribution in [2.24, 2.45) is 0 Å². The van der Waals surface area contributed by atoms with Gasteiger partial charge in [0.1, 0.15) is 17.6 Å². The number of imide groups is 1. The normalized spacial score (nSPS) is 23.0. The number of benzene rings is 2. The number of halogens is 1. The number of carbonyl (C=O) groups excluding carboxylic acids is 3. The number of piperidine rings is 1. The molecule has 2 aliphatic heterocycles. The Balaban J connectivity index is 1.31. The van der Waals surface area contributed by atoms with Crippen LogP contribution >= 0.6 is 11.6 Å². The van der Waals surface area contributed by atoms with E-state index >= 15 is 0 Å². The summed E-state index contributed by atoms with van der Waals surface area (Å²) in [5, 5.41) is 0.567. The molecular formula is C27H29ClN2O5. The fourth-order valence-corrected chi connectivity index (χ4v) is 5.33. The standard InChI is InChI=1S/C27H29ClN2O5/c1-34-20-10-6-18(7-11-20)27(17-25(32)30(26(27)33)19-8-9-19)16-24(31)29-14-12-21(13-15-29)35-23-5-3-2-4-22(23)28/h2-7,10-11,19,21H,8-9,12-17H2,1H3. The van der Waals surface area contributed by atoms with E-state index in [-0.39, 0.29) is 42.7 Å². The summed E-state index contributed by atoms with van der Waals surface area (Å²) in [6, 6.07) is 14.5. The van der Waals surface area contributed by atoms with Crippen molar-refractivity contribution in [3.05, 3.63) is 59.1 Å². The predicted octanol–water partition coefficient (Wildman–Crippen LogP) is 3.97. The molecule has 0 aromatic heterocycles. The Labute approximate surface area is 209 Å². The van der Waals surface area contributed by atoms with Crippen molar-refractivity contribution in [1.82, 2.24) is 9.80 Å². The van der Waals surface area contributed by atoms with Gasteiger partial charge in [0, 0.05) is 44.8 Å². The van der Waals surface area contributed by atoms with Gasteiger partial charge >= 0.3 is 0 Å². The number of amides is 3. The van der Waals surface area contributed by atoms with Crippen molar-refractivity contribution in [2.75, 3.05) is 20.2 Å². The molecular weight excluding hydrogens is 468 g/mol. The molecule has 3 aliphatic rings. The Kier molecular flexibility index (Phi) is 6.45. The molecule has 184 valence electrons.